The van der Waals surface area contributed by atoms with Gasteiger partial charge < -0.3 is 0 Å². The van der Waals surface area contributed by atoms with E-state index >= 15 is 0 Å². The van der Waals surface area contributed by atoms with Gasteiger partial charge in [-0.05, 0) is 0 Å². The molecule has 1 rings (SSSR count). The van der Waals surface area contributed by atoms with E-state index in [1.807, 2.05) is 4.13 Å². The average Bonchev–Trinajstić information content (AvgIpc) is 2.17. The number of hydrogen-bond acceptors (Lipinski definition) is 0. The third-order valence-corrected chi connectivity index (χ3v) is 7.10. The van der Waals surface area contributed by atoms with Crippen LogP contribution in [0.4, 0.5) is 0 Å². The Bertz CT molecular complexity index is 231. The minimum atomic E-state index is -0.955. The van der Waals surface area contributed by atoms with E-state index < -0.39 is 16.2 Å². The van der Waals surface area contributed by atoms with Crippen molar-refractivity contribution in [2.24, 2.45) is 0 Å². The predicted octanol–water partition coefficient (Wildman–Crippen LogP) is 3.34. The minimum absolute atomic E-state index is 0.955. The van der Waals surface area contributed by atoms with Crippen LogP contribution in [0.1, 0.15) is 27.2 Å². The molecular formula is C10H17Ga. The molecule has 0 saturated carbocycles. The van der Waals surface area contributed by atoms with Crippen LogP contribution in [0.25, 0.3) is 0 Å². The van der Waals surface area contributed by atoms with Gasteiger partial charge in [0.2, 0.25) is 0 Å². The molecule has 0 spiro atoms. The maximum absolute atomic E-state index is 2.47. The van der Waals surface area contributed by atoms with Crippen LogP contribution in [-0.2, 0) is 0 Å². The summed E-state index contributed by atoms with van der Waals surface area (Å²) in [5.41, 5.74) is 9.74. The maximum atomic E-state index is 2.47. The van der Waals surface area contributed by atoms with Crippen molar-refractivity contribution in [3.05, 3.63) is 20.8 Å². The summed E-state index contributed by atoms with van der Waals surface area (Å²) in [6.07, 6.45) is 1.30. The zero-order valence-corrected chi connectivity index (χ0v) is 10.7. The van der Waals surface area contributed by atoms with E-state index in [2.05, 4.69) is 31.7 Å². The van der Waals surface area contributed by atoms with Crippen molar-refractivity contribution in [3.63, 3.8) is 0 Å². The van der Waals surface area contributed by atoms with Gasteiger partial charge in [0.05, 0.1) is 0 Å². The molecule has 0 heterocycles. The van der Waals surface area contributed by atoms with Gasteiger partial charge in [-0.2, -0.15) is 0 Å². The normalized spacial score (nSPS) is 18.3. The van der Waals surface area contributed by atoms with E-state index in [1.165, 1.54) is 6.42 Å². The summed E-state index contributed by atoms with van der Waals surface area (Å²) in [6.45, 7) is 6.84. The first kappa shape index (κ1) is 9.21. The molecule has 0 fully saturated rings. The molecule has 0 aliphatic heterocycles. The third kappa shape index (κ3) is 1.65. The predicted molar refractivity (Wildman–Crippen MR) is 53.2 cm³/mol. The monoisotopic (exact) mass is 206 g/mol. The van der Waals surface area contributed by atoms with Gasteiger partial charge in [0.1, 0.15) is 0 Å². The fraction of sp³-hybridized carbons (Fsp3) is 0.600. The summed E-state index contributed by atoms with van der Waals surface area (Å²) in [7, 11) is 0. The van der Waals surface area contributed by atoms with Gasteiger partial charge in [0, 0.05) is 0 Å². The summed E-state index contributed by atoms with van der Waals surface area (Å²) in [5, 5.41) is 0. The van der Waals surface area contributed by atoms with E-state index in [1.54, 1.807) is 16.7 Å². The molecule has 0 amide bonds. The molecule has 0 saturated heterocycles. The van der Waals surface area contributed by atoms with Gasteiger partial charge in [0.15, 0.2) is 0 Å². The second-order valence-electron chi connectivity index (χ2n) is 3.89. The number of hydrogen-bond donors (Lipinski definition) is 0. The first-order valence-electron chi connectivity index (χ1n) is 4.40. The van der Waals surface area contributed by atoms with Crippen molar-refractivity contribution in [2.75, 3.05) is 0 Å². The van der Waals surface area contributed by atoms with Crippen molar-refractivity contribution < 1.29 is 0 Å². The van der Waals surface area contributed by atoms with Gasteiger partial charge in [-0.15, -0.1) is 0 Å². The summed E-state index contributed by atoms with van der Waals surface area (Å²) in [5.74, 6) is 0. The SMILES string of the molecule is CC1=C(C)C(C)=[C]([Ga]([CH3])[CH3])C1. The van der Waals surface area contributed by atoms with Crippen LogP contribution in [0.2, 0.25) is 11.0 Å². The molecule has 0 aromatic rings. The van der Waals surface area contributed by atoms with Crippen molar-refractivity contribution in [3.8, 4) is 0 Å². The van der Waals surface area contributed by atoms with Crippen LogP contribution >= 0.6 is 0 Å². The van der Waals surface area contributed by atoms with Crippen LogP contribution in [0.5, 0.6) is 0 Å². The zero-order valence-electron chi connectivity index (χ0n) is 8.28. The van der Waals surface area contributed by atoms with Crippen molar-refractivity contribution in [1.82, 2.24) is 0 Å². The van der Waals surface area contributed by atoms with E-state index in [0.717, 1.165) is 0 Å². The average molecular weight is 207 g/mol. The topological polar surface area (TPSA) is 0 Å². The van der Waals surface area contributed by atoms with Crippen LogP contribution in [0, 0.1) is 0 Å². The molecule has 0 radical (unpaired) electrons. The standard InChI is InChI=1S/C8H11.2CH3.Ga/c1-6-4-5-7(2)8(6)3;;;/h4H2,1-3H3;2*1H3;. The fourth-order valence-corrected chi connectivity index (χ4v) is 5.52. The van der Waals surface area contributed by atoms with Crippen LogP contribution < -0.4 is 0 Å². The van der Waals surface area contributed by atoms with Crippen LogP contribution in [0.15, 0.2) is 20.8 Å². The second kappa shape index (κ2) is 3.24. The quantitative estimate of drug-likeness (QED) is 0.578. The van der Waals surface area contributed by atoms with E-state index in [9.17, 15) is 0 Å². The first-order valence-corrected chi connectivity index (χ1v) is 10.5. The summed E-state index contributed by atoms with van der Waals surface area (Å²) in [6, 6.07) is 0. The third-order valence-electron chi connectivity index (χ3n) is 2.84. The summed E-state index contributed by atoms with van der Waals surface area (Å²) in [4.78, 5) is 0. The Labute approximate surface area is 75.4 Å². The second-order valence-corrected chi connectivity index (χ2v) is 10.2. The first-order chi connectivity index (χ1) is 5.04. The van der Waals surface area contributed by atoms with Gasteiger partial charge in [-0.1, -0.05) is 0 Å². The molecule has 11 heavy (non-hydrogen) atoms. The molecule has 0 unspecified atom stereocenters. The van der Waals surface area contributed by atoms with Gasteiger partial charge in [0.25, 0.3) is 0 Å². The molecule has 0 atom stereocenters. The molecule has 0 nitrogen and oxygen atoms in total. The Kier molecular flexibility index (Phi) is 2.71. The van der Waals surface area contributed by atoms with Gasteiger partial charge in [-0.3, -0.25) is 0 Å². The van der Waals surface area contributed by atoms with Crippen molar-refractivity contribution in [1.29, 1.82) is 0 Å². The Hall–Kier alpha value is 0.116. The molecule has 1 aliphatic carbocycles. The molecular weight excluding hydrogens is 190 g/mol. The van der Waals surface area contributed by atoms with Gasteiger partial charge >= 0.3 is 75.2 Å². The Balaban J connectivity index is 2.93. The molecule has 0 N–H and O–H groups in total. The van der Waals surface area contributed by atoms with Crippen molar-refractivity contribution in [2.45, 2.75) is 38.1 Å². The zero-order chi connectivity index (χ0) is 8.59. The summed E-state index contributed by atoms with van der Waals surface area (Å²) >= 11 is -0.955. The molecule has 0 aromatic heterocycles. The molecule has 1 heteroatoms. The van der Waals surface area contributed by atoms with E-state index in [0.29, 0.717) is 0 Å². The number of allylic oxidation sites excluding steroid dienone is 4. The molecule has 60 valence electrons. The number of rotatable bonds is 1. The van der Waals surface area contributed by atoms with E-state index in [4.69, 9.17) is 0 Å². The van der Waals surface area contributed by atoms with Crippen molar-refractivity contribution >= 4 is 16.2 Å². The molecule has 1 aliphatic rings. The molecule has 0 aromatic carbocycles. The van der Waals surface area contributed by atoms with Gasteiger partial charge in [-0.25, -0.2) is 0 Å². The Morgan fingerprint density at radius 3 is 1.73 bits per heavy atom. The van der Waals surface area contributed by atoms with Crippen LogP contribution in [-0.4, -0.2) is 16.2 Å². The van der Waals surface area contributed by atoms with E-state index in [-0.39, 0.29) is 0 Å². The Morgan fingerprint density at radius 2 is 1.55 bits per heavy atom. The fourth-order valence-electron chi connectivity index (χ4n) is 1.75. The molecule has 0 bridgehead atoms. The van der Waals surface area contributed by atoms with Crippen LogP contribution in [0.3, 0.4) is 0 Å². The summed E-state index contributed by atoms with van der Waals surface area (Å²) < 4.78 is 1.83. The Morgan fingerprint density at radius 1 is 1.00 bits per heavy atom.